The van der Waals surface area contributed by atoms with Crippen LogP contribution in [0.3, 0.4) is 0 Å². The third kappa shape index (κ3) is 2.94. The number of ether oxygens (including phenoxy) is 1. The molecule has 2 aromatic heterocycles. The van der Waals surface area contributed by atoms with Gasteiger partial charge in [-0.2, -0.15) is 0 Å². The molecule has 0 amide bonds. The van der Waals surface area contributed by atoms with E-state index in [0.717, 1.165) is 29.2 Å². The zero-order valence-electron chi connectivity index (χ0n) is 10.6. The summed E-state index contributed by atoms with van der Waals surface area (Å²) in [7, 11) is 1.81. The summed E-state index contributed by atoms with van der Waals surface area (Å²) in [6.45, 7) is 2.76. The van der Waals surface area contributed by atoms with E-state index in [2.05, 4.69) is 27.4 Å². The van der Waals surface area contributed by atoms with E-state index >= 15 is 0 Å². The summed E-state index contributed by atoms with van der Waals surface area (Å²) in [6, 6.07) is 5.70. The van der Waals surface area contributed by atoms with E-state index in [4.69, 9.17) is 4.74 Å². The molecule has 0 bridgehead atoms. The second-order valence-corrected chi connectivity index (χ2v) is 3.81. The van der Waals surface area contributed by atoms with Crippen molar-refractivity contribution in [2.45, 2.75) is 13.3 Å². The zero-order chi connectivity index (χ0) is 12.8. The minimum atomic E-state index is 0.690. The minimum absolute atomic E-state index is 0.690. The predicted octanol–water partition coefficient (Wildman–Crippen LogP) is 2.37. The summed E-state index contributed by atoms with van der Waals surface area (Å²) >= 11 is 0. The molecule has 0 aliphatic carbocycles. The minimum Gasteiger partial charge on any atom is -0.492 e. The highest BCUT2D eigenvalue weighted by molar-refractivity contribution is 5.60. The molecular weight excluding hydrogens is 228 g/mol. The molecule has 2 rings (SSSR count). The van der Waals surface area contributed by atoms with Crippen LogP contribution < -0.4 is 10.1 Å². The van der Waals surface area contributed by atoms with Crippen LogP contribution in [0.25, 0.3) is 11.3 Å². The summed E-state index contributed by atoms with van der Waals surface area (Å²) in [4.78, 5) is 4.15. The van der Waals surface area contributed by atoms with Gasteiger partial charge in [-0.05, 0) is 24.6 Å². The lowest BCUT2D eigenvalue weighted by Crippen LogP contribution is -1.97. The van der Waals surface area contributed by atoms with Crippen molar-refractivity contribution in [1.82, 2.24) is 15.2 Å². The summed E-state index contributed by atoms with van der Waals surface area (Å²) in [5, 5.41) is 11.1. The third-order valence-electron chi connectivity index (χ3n) is 2.40. The first-order valence-electron chi connectivity index (χ1n) is 5.93. The number of nitrogens with zero attached hydrogens (tertiary/aromatic N) is 3. The van der Waals surface area contributed by atoms with Crippen molar-refractivity contribution in [3.8, 4) is 17.0 Å². The van der Waals surface area contributed by atoms with Gasteiger partial charge in [0.1, 0.15) is 11.6 Å². The molecule has 18 heavy (non-hydrogen) atoms. The molecule has 2 aromatic rings. The topological polar surface area (TPSA) is 59.9 Å². The zero-order valence-corrected chi connectivity index (χ0v) is 10.6. The molecule has 0 saturated heterocycles. The van der Waals surface area contributed by atoms with Crippen molar-refractivity contribution in [3.05, 3.63) is 30.6 Å². The van der Waals surface area contributed by atoms with Gasteiger partial charge in [0.15, 0.2) is 0 Å². The lowest BCUT2D eigenvalue weighted by atomic mass is 10.2. The van der Waals surface area contributed by atoms with E-state index in [-0.39, 0.29) is 0 Å². The van der Waals surface area contributed by atoms with Gasteiger partial charge in [-0.25, -0.2) is 0 Å². The Morgan fingerprint density at radius 2 is 2.11 bits per heavy atom. The van der Waals surface area contributed by atoms with Crippen LogP contribution >= 0.6 is 0 Å². The van der Waals surface area contributed by atoms with E-state index in [1.54, 1.807) is 12.4 Å². The first-order valence-corrected chi connectivity index (χ1v) is 5.93. The summed E-state index contributed by atoms with van der Waals surface area (Å²) in [5.41, 5.74) is 1.68. The molecule has 5 heteroatoms. The number of hydrogen-bond donors (Lipinski definition) is 1. The highest BCUT2D eigenvalue weighted by Gasteiger charge is 2.03. The van der Waals surface area contributed by atoms with E-state index < -0.39 is 0 Å². The molecule has 0 unspecified atom stereocenters. The van der Waals surface area contributed by atoms with Gasteiger partial charge in [-0.15, -0.1) is 10.2 Å². The Morgan fingerprint density at radius 3 is 2.78 bits per heavy atom. The molecule has 0 fully saturated rings. The van der Waals surface area contributed by atoms with E-state index in [1.807, 2.05) is 25.2 Å². The van der Waals surface area contributed by atoms with Gasteiger partial charge in [-0.3, -0.25) is 4.98 Å². The Labute approximate surface area is 106 Å². The van der Waals surface area contributed by atoms with Gasteiger partial charge in [0.2, 0.25) is 0 Å². The normalized spacial score (nSPS) is 10.1. The Balaban J connectivity index is 2.20. The van der Waals surface area contributed by atoms with Crippen LogP contribution in [0.5, 0.6) is 5.75 Å². The van der Waals surface area contributed by atoms with Gasteiger partial charge < -0.3 is 10.1 Å². The Morgan fingerprint density at radius 1 is 1.22 bits per heavy atom. The quantitative estimate of drug-likeness (QED) is 0.875. The van der Waals surface area contributed by atoms with Crippen LogP contribution in [0.1, 0.15) is 13.3 Å². The number of aromatic nitrogens is 3. The SMILES string of the molecule is CCCOc1cncc(-c2ccc(NC)nn2)c1. The first-order chi connectivity index (χ1) is 8.83. The molecule has 0 saturated carbocycles. The fraction of sp³-hybridized carbons (Fsp3) is 0.308. The van der Waals surface area contributed by atoms with E-state index in [0.29, 0.717) is 6.61 Å². The monoisotopic (exact) mass is 244 g/mol. The lowest BCUT2D eigenvalue weighted by Gasteiger charge is -2.06. The molecule has 0 spiro atoms. The number of hydrogen-bond acceptors (Lipinski definition) is 5. The van der Waals surface area contributed by atoms with Gasteiger partial charge in [-0.1, -0.05) is 6.92 Å². The molecule has 0 aliphatic heterocycles. The molecule has 94 valence electrons. The largest absolute Gasteiger partial charge is 0.492 e. The molecular formula is C13H16N4O. The van der Waals surface area contributed by atoms with Crippen LogP contribution in [0.2, 0.25) is 0 Å². The average Bonchev–Trinajstić information content (AvgIpc) is 2.45. The second kappa shape index (κ2) is 5.95. The van der Waals surface area contributed by atoms with Gasteiger partial charge >= 0.3 is 0 Å². The number of anilines is 1. The predicted molar refractivity (Wildman–Crippen MR) is 70.6 cm³/mol. The van der Waals surface area contributed by atoms with Crippen LogP contribution in [0, 0.1) is 0 Å². The number of pyridine rings is 1. The maximum Gasteiger partial charge on any atom is 0.148 e. The fourth-order valence-corrected chi connectivity index (χ4v) is 1.48. The Kier molecular flexibility index (Phi) is 4.06. The number of rotatable bonds is 5. The first kappa shape index (κ1) is 12.3. The van der Waals surface area contributed by atoms with Crippen molar-refractivity contribution >= 4 is 5.82 Å². The number of nitrogens with one attached hydrogen (secondary N) is 1. The van der Waals surface area contributed by atoms with Gasteiger partial charge in [0.25, 0.3) is 0 Å². The highest BCUT2D eigenvalue weighted by Crippen LogP contribution is 2.20. The Bertz CT molecular complexity index is 499. The smallest absolute Gasteiger partial charge is 0.148 e. The van der Waals surface area contributed by atoms with Crippen molar-refractivity contribution < 1.29 is 4.74 Å². The van der Waals surface area contributed by atoms with Crippen molar-refractivity contribution in [3.63, 3.8) is 0 Å². The summed E-state index contributed by atoms with van der Waals surface area (Å²) in [6.07, 6.45) is 4.43. The highest BCUT2D eigenvalue weighted by atomic mass is 16.5. The fourth-order valence-electron chi connectivity index (χ4n) is 1.48. The maximum absolute atomic E-state index is 5.54. The standard InChI is InChI=1S/C13H16N4O/c1-3-6-18-11-7-10(8-15-9-11)12-4-5-13(14-2)17-16-12/h4-5,7-9H,3,6H2,1-2H3,(H,14,17). The lowest BCUT2D eigenvalue weighted by molar-refractivity contribution is 0.316. The summed E-state index contributed by atoms with van der Waals surface area (Å²) < 4.78 is 5.54. The molecule has 2 heterocycles. The molecule has 0 radical (unpaired) electrons. The van der Waals surface area contributed by atoms with Crippen molar-refractivity contribution in [2.75, 3.05) is 19.0 Å². The molecule has 0 atom stereocenters. The second-order valence-electron chi connectivity index (χ2n) is 3.81. The van der Waals surface area contributed by atoms with Crippen LogP contribution in [-0.2, 0) is 0 Å². The molecule has 1 N–H and O–H groups in total. The summed E-state index contributed by atoms with van der Waals surface area (Å²) in [5.74, 6) is 1.50. The van der Waals surface area contributed by atoms with Crippen LogP contribution in [0.15, 0.2) is 30.6 Å². The van der Waals surface area contributed by atoms with E-state index in [1.165, 1.54) is 0 Å². The molecule has 5 nitrogen and oxygen atoms in total. The molecule has 0 aliphatic rings. The van der Waals surface area contributed by atoms with E-state index in [9.17, 15) is 0 Å². The van der Waals surface area contributed by atoms with Crippen molar-refractivity contribution in [1.29, 1.82) is 0 Å². The third-order valence-corrected chi connectivity index (χ3v) is 2.40. The van der Waals surface area contributed by atoms with Gasteiger partial charge in [0.05, 0.1) is 18.5 Å². The van der Waals surface area contributed by atoms with Crippen molar-refractivity contribution in [2.24, 2.45) is 0 Å². The van der Waals surface area contributed by atoms with Crippen LogP contribution in [0.4, 0.5) is 5.82 Å². The van der Waals surface area contributed by atoms with Gasteiger partial charge in [0, 0.05) is 18.8 Å². The Hall–Kier alpha value is -2.17. The molecule has 0 aromatic carbocycles. The average molecular weight is 244 g/mol. The maximum atomic E-state index is 5.54. The van der Waals surface area contributed by atoms with Crippen LogP contribution in [-0.4, -0.2) is 28.8 Å².